The number of aromatic nitrogens is 2. The van der Waals surface area contributed by atoms with Gasteiger partial charge in [-0.05, 0) is 31.3 Å². The molecule has 1 aromatic heterocycles. The van der Waals surface area contributed by atoms with Crippen molar-refractivity contribution in [3.05, 3.63) is 24.5 Å². The van der Waals surface area contributed by atoms with Crippen LogP contribution in [0.2, 0.25) is 25.7 Å². The van der Waals surface area contributed by atoms with Crippen LogP contribution in [0.15, 0.2) is 24.5 Å². The van der Waals surface area contributed by atoms with Gasteiger partial charge >= 0.3 is 0 Å². The summed E-state index contributed by atoms with van der Waals surface area (Å²) < 4.78 is 8.02. The Kier molecular flexibility index (Phi) is 5.27. The van der Waals surface area contributed by atoms with Crippen LogP contribution in [0.5, 0.6) is 0 Å². The zero-order valence-electron chi connectivity index (χ0n) is 15.5. The molecule has 0 amide bonds. The molecule has 132 valence electrons. The molecule has 1 aromatic carbocycles. The smallest absolute Gasteiger partial charge is 0.124 e. The van der Waals surface area contributed by atoms with Gasteiger partial charge in [0.25, 0.3) is 0 Å². The van der Waals surface area contributed by atoms with Crippen LogP contribution in [-0.4, -0.2) is 62.4 Å². The maximum Gasteiger partial charge on any atom is 0.124 e. The first kappa shape index (κ1) is 17.4. The SMILES string of the molecule is CN1CCN(c2ccc3ncn(COCC[Si](C)(C)C)c3c2)CC1. The summed E-state index contributed by atoms with van der Waals surface area (Å²) in [5.74, 6) is 0. The standard InChI is InChI=1S/C18H30N4OSi/c1-20-7-9-21(10-8-20)16-5-6-17-18(13-16)22(14-19-17)15-23-11-12-24(2,3)4/h5-6,13-14H,7-12,15H2,1-4H3. The average Bonchev–Trinajstić information content (AvgIpc) is 2.94. The van der Waals surface area contributed by atoms with Gasteiger partial charge in [-0.1, -0.05) is 19.6 Å². The Balaban J connectivity index is 1.67. The molecule has 0 unspecified atom stereocenters. The number of nitrogens with zero attached hydrogens (tertiary/aromatic N) is 4. The fourth-order valence-corrected chi connectivity index (χ4v) is 3.71. The Morgan fingerprint density at radius 2 is 1.88 bits per heavy atom. The molecule has 1 fully saturated rings. The number of rotatable bonds is 6. The molecule has 0 bridgehead atoms. The van der Waals surface area contributed by atoms with Crippen LogP contribution in [0.3, 0.4) is 0 Å². The molecule has 2 aromatic rings. The van der Waals surface area contributed by atoms with E-state index in [1.165, 1.54) is 17.2 Å². The molecule has 2 heterocycles. The van der Waals surface area contributed by atoms with E-state index in [0.717, 1.165) is 38.3 Å². The van der Waals surface area contributed by atoms with E-state index in [-0.39, 0.29) is 0 Å². The van der Waals surface area contributed by atoms with Crippen LogP contribution in [-0.2, 0) is 11.5 Å². The molecule has 0 atom stereocenters. The lowest BCUT2D eigenvalue weighted by Crippen LogP contribution is -2.44. The van der Waals surface area contributed by atoms with Crippen LogP contribution < -0.4 is 4.90 Å². The van der Waals surface area contributed by atoms with E-state index in [1.807, 2.05) is 6.33 Å². The van der Waals surface area contributed by atoms with Crippen molar-refractivity contribution in [2.75, 3.05) is 44.7 Å². The summed E-state index contributed by atoms with van der Waals surface area (Å²) in [6, 6.07) is 7.78. The maximum atomic E-state index is 5.90. The van der Waals surface area contributed by atoms with Gasteiger partial charge < -0.3 is 19.1 Å². The van der Waals surface area contributed by atoms with Crippen LogP contribution in [0.1, 0.15) is 0 Å². The van der Waals surface area contributed by atoms with E-state index >= 15 is 0 Å². The third-order valence-corrected chi connectivity index (χ3v) is 6.40. The Bertz CT molecular complexity index is 671. The second-order valence-electron chi connectivity index (χ2n) is 8.03. The second-order valence-corrected chi connectivity index (χ2v) is 13.6. The molecule has 3 rings (SSSR count). The second kappa shape index (κ2) is 7.25. The van der Waals surface area contributed by atoms with E-state index in [2.05, 4.69) is 64.2 Å². The minimum absolute atomic E-state index is 0.590. The summed E-state index contributed by atoms with van der Waals surface area (Å²) in [5.41, 5.74) is 3.50. The van der Waals surface area contributed by atoms with Gasteiger partial charge in [0.15, 0.2) is 0 Å². The number of imidazole rings is 1. The minimum atomic E-state index is -1.03. The maximum absolute atomic E-state index is 5.90. The summed E-state index contributed by atoms with van der Waals surface area (Å²) in [6.07, 6.45) is 1.90. The summed E-state index contributed by atoms with van der Waals surface area (Å²) in [7, 11) is 1.16. The number of piperazine rings is 1. The first-order valence-corrected chi connectivity index (χ1v) is 12.6. The highest BCUT2D eigenvalue weighted by Crippen LogP contribution is 2.23. The molecular formula is C18H30N4OSi. The normalized spacial score (nSPS) is 16.9. The monoisotopic (exact) mass is 346 g/mol. The Hall–Kier alpha value is -1.37. The number of hydrogen-bond donors (Lipinski definition) is 0. The molecule has 0 spiro atoms. The highest BCUT2D eigenvalue weighted by Gasteiger charge is 2.16. The Morgan fingerprint density at radius 1 is 1.12 bits per heavy atom. The summed E-state index contributed by atoms with van der Waals surface area (Å²) in [5, 5.41) is 0. The number of likely N-dealkylation sites (N-methyl/N-ethyl adjacent to an activating group) is 1. The number of anilines is 1. The molecule has 24 heavy (non-hydrogen) atoms. The van der Waals surface area contributed by atoms with Gasteiger partial charge in [-0.25, -0.2) is 4.98 Å². The van der Waals surface area contributed by atoms with Crippen LogP contribution >= 0.6 is 0 Å². The van der Waals surface area contributed by atoms with Crippen molar-refractivity contribution in [3.63, 3.8) is 0 Å². The van der Waals surface area contributed by atoms with Crippen molar-refractivity contribution in [1.82, 2.24) is 14.5 Å². The predicted molar refractivity (Wildman–Crippen MR) is 104 cm³/mol. The molecule has 6 heteroatoms. The topological polar surface area (TPSA) is 33.5 Å². The molecule has 5 nitrogen and oxygen atoms in total. The fraction of sp³-hybridized carbons (Fsp3) is 0.611. The van der Waals surface area contributed by atoms with Crippen LogP contribution in [0.25, 0.3) is 11.0 Å². The molecule has 0 N–H and O–H groups in total. The molecule has 1 saturated heterocycles. The zero-order chi connectivity index (χ0) is 17.2. The number of hydrogen-bond acceptors (Lipinski definition) is 4. The molecule has 0 aliphatic carbocycles. The van der Waals surface area contributed by atoms with Gasteiger partial charge in [-0.2, -0.15) is 0 Å². The molecule has 0 radical (unpaired) electrons. The Morgan fingerprint density at radius 3 is 2.58 bits per heavy atom. The summed E-state index contributed by atoms with van der Waals surface area (Å²) in [4.78, 5) is 9.35. The first-order valence-electron chi connectivity index (χ1n) is 8.88. The van der Waals surface area contributed by atoms with Crippen molar-refractivity contribution in [3.8, 4) is 0 Å². The summed E-state index contributed by atoms with van der Waals surface area (Å²) >= 11 is 0. The van der Waals surface area contributed by atoms with Crippen LogP contribution in [0, 0.1) is 0 Å². The Labute approximate surface area is 146 Å². The summed E-state index contributed by atoms with van der Waals surface area (Å²) in [6.45, 7) is 13.0. The van der Waals surface area contributed by atoms with Gasteiger partial charge in [0.2, 0.25) is 0 Å². The molecule has 1 aliphatic rings. The molecule has 0 saturated carbocycles. The quantitative estimate of drug-likeness (QED) is 0.594. The van der Waals surface area contributed by atoms with Gasteiger partial charge in [0.1, 0.15) is 6.73 Å². The third-order valence-electron chi connectivity index (χ3n) is 4.70. The van der Waals surface area contributed by atoms with Crippen molar-refractivity contribution in [2.45, 2.75) is 32.4 Å². The van der Waals surface area contributed by atoms with Crippen molar-refractivity contribution in [1.29, 1.82) is 0 Å². The van der Waals surface area contributed by atoms with Gasteiger partial charge in [-0.15, -0.1) is 0 Å². The third kappa shape index (κ3) is 4.37. The fourth-order valence-electron chi connectivity index (χ4n) is 2.95. The average molecular weight is 347 g/mol. The molecule has 1 aliphatic heterocycles. The minimum Gasteiger partial charge on any atom is -0.369 e. The van der Waals surface area contributed by atoms with Crippen molar-refractivity contribution >= 4 is 24.8 Å². The van der Waals surface area contributed by atoms with Gasteiger partial charge in [0.05, 0.1) is 17.4 Å². The molecular weight excluding hydrogens is 316 g/mol. The first-order chi connectivity index (χ1) is 11.4. The van der Waals surface area contributed by atoms with Crippen molar-refractivity contribution in [2.24, 2.45) is 0 Å². The van der Waals surface area contributed by atoms with E-state index in [9.17, 15) is 0 Å². The van der Waals surface area contributed by atoms with Gasteiger partial charge in [-0.3, -0.25) is 0 Å². The highest BCUT2D eigenvalue weighted by molar-refractivity contribution is 6.76. The largest absolute Gasteiger partial charge is 0.369 e. The van der Waals surface area contributed by atoms with E-state index in [0.29, 0.717) is 6.73 Å². The number of benzene rings is 1. The lowest BCUT2D eigenvalue weighted by atomic mass is 10.2. The zero-order valence-corrected chi connectivity index (χ0v) is 16.5. The number of ether oxygens (including phenoxy) is 1. The van der Waals surface area contributed by atoms with Crippen LogP contribution in [0.4, 0.5) is 5.69 Å². The van der Waals surface area contributed by atoms with E-state index in [1.54, 1.807) is 0 Å². The van der Waals surface area contributed by atoms with Crippen molar-refractivity contribution < 1.29 is 4.74 Å². The lowest BCUT2D eigenvalue weighted by Gasteiger charge is -2.34. The van der Waals surface area contributed by atoms with E-state index < -0.39 is 8.07 Å². The van der Waals surface area contributed by atoms with E-state index in [4.69, 9.17) is 4.74 Å². The lowest BCUT2D eigenvalue weighted by molar-refractivity contribution is 0.0898. The van der Waals surface area contributed by atoms with Gasteiger partial charge in [0, 0.05) is 46.5 Å². The predicted octanol–water partition coefficient (Wildman–Crippen LogP) is 3.10. The highest BCUT2D eigenvalue weighted by atomic mass is 28.3. The number of fused-ring (bicyclic) bond motifs is 1.